The molecule has 1 unspecified atom stereocenters. The van der Waals surface area contributed by atoms with Gasteiger partial charge in [-0.3, -0.25) is 4.79 Å². The van der Waals surface area contributed by atoms with Crippen molar-refractivity contribution in [3.05, 3.63) is 53.6 Å². The van der Waals surface area contributed by atoms with Crippen LogP contribution < -0.4 is 10.1 Å². The number of anilines is 1. The zero-order valence-corrected chi connectivity index (χ0v) is 13.4. The number of oxime groups is 1. The van der Waals surface area contributed by atoms with E-state index in [9.17, 15) is 9.90 Å². The minimum atomic E-state index is -0.720. The van der Waals surface area contributed by atoms with E-state index in [0.717, 1.165) is 16.9 Å². The van der Waals surface area contributed by atoms with Crippen molar-refractivity contribution in [3.8, 4) is 11.5 Å². The molecule has 24 heavy (non-hydrogen) atoms. The summed E-state index contributed by atoms with van der Waals surface area (Å²) in [5.74, 6) is 0.425. The molecule has 0 spiro atoms. The summed E-state index contributed by atoms with van der Waals surface area (Å²) in [6, 6.07) is 12.4. The molecule has 0 aliphatic carbocycles. The standard InChI is InChI=1S/C18H18N2O4/c1-11-3-8-16(21)15(9-11)19-18(22)17-10-14(20-24-17)12-4-6-13(23-2)7-5-12/h3-9,17,21H,10H2,1-2H3,(H,19,22). The molecule has 2 N–H and O–H groups in total. The second kappa shape index (κ2) is 6.62. The summed E-state index contributed by atoms with van der Waals surface area (Å²) < 4.78 is 5.12. The van der Waals surface area contributed by atoms with Crippen molar-refractivity contribution in [3.63, 3.8) is 0 Å². The first-order valence-electron chi connectivity index (χ1n) is 7.54. The van der Waals surface area contributed by atoms with Crippen molar-refractivity contribution in [1.82, 2.24) is 0 Å². The van der Waals surface area contributed by atoms with Crippen molar-refractivity contribution in [1.29, 1.82) is 0 Å². The number of aryl methyl sites for hydroxylation is 1. The zero-order valence-electron chi connectivity index (χ0n) is 13.4. The molecular formula is C18H18N2O4. The number of carbonyl (C=O) groups is 1. The number of ether oxygens (including phenoxy) is 1. The first-order valence-corrected chi connectivity index (χ1v) is 7.54. The van der Waals surface area contributed by atoms with Gasteiger partial charge in [-0.1, -0.05) is 11.2 Å². The largest absolute Gasteiger partial charge is 0.506 e. The molecule has 0 radical (unpaired) electrons. The van der Waals surface area contributed by atoms with Crippen LogP contribution in [0.5, 0.6) is 11.5 Å². The Morgan fingerprint density at radius 1 is 1.29 bits per heavy atom. The summed E-state index contributed by atoms with van der Waals surface area (Å²) in [7, 11) is 1.60. The van der Waals surface area contributed by atoms with Crippen LogP contribution in [0.2, 0.25) is 0 Å². The predicted octanol–water partition coefficient (Wildman–Crippen LogP) is 2.84. The third-order valence-electron chi connectivity index (χ3n) is 3.79. The lowest BCUT2D eigenvalue weighted by Crippen LogP contribution is -2.28. The summed E-state index contributed by atoms with van der Waals surface area (Å²) in [5.41, 5.74) is 2.88. The van der Waals surface area contributed by atoms with Gasteiger partial charge in [0.05, 0.1) is 18.5 Å². The Balaban J connectivity index is 1.65. The lowest BCUT2D eigenvalue weighted by Gasteiger charge is -2.11. The minimum absolute atomic E-state index is 0.0169. The van der Waals surface area contributed by atoms with Crippen LogP contribution >= 0.6 is 0 Å². The van der Waals surface area contributed by atoms with Crippen LogP contribution in [0.4, 0.5) is 5.69 Å². The highest BCUT2D eigenvalue weighted by molar-refractivity contribution is 6.06. The average molecular weight is 326 g/mol. The number of methoxy groups -OCH3 is 1. The highest BCUT2D eigenvalue weighted by atomic mass is 16.6. The Morgan fingerprint density at radius 3 is 2.75 bits per heavy atom. The van der Waals surface area contributed by atoms with Crippen LogP contribution in [0.3, 0.4) is 0 Å². The number of carbonyl (C=O) groups excluding carboxylic acids is 1. The minimum Gasteiger partial charge on any atom is -0.506 e. The van der Waals surface area contributed by atoms with Crippen molar-refractivity contribution < 1.29 is 19.5 Å². The quantitative estimate of drug-likeness (QED) is 0.847. The van der Waals surface area contributed by atoms with Crippen molar-refractivity contribution >= 4 is 17.3 Å². The van der Waals surface area contributed by atoms with Crippen molar-refractivity contribution in [2.24, 2.45) is 5.16 Å². The van der Waals surface area contributed by atoms with E-state index in [1.165, 1.54) is 0 Å². The SMILES string of the molecule is COc1ccc(C2=NOC(C(=O)Nc3cc(C)ccc3O)C2)cc1. The van der Waals surface area contributed by atoms with Gasteiger partial charge < -0.3 is 20.0 Å². The van der Waals surface area contributed by atoms with Gasteiger partial charge in [-0.15, -0.1) is 0 Å². The predicted molar refractivity (Wildman–Crippen MR) is 90.5 cm³/mol. The number of benzene rings is 2. The third kappa shape index (κ3) is 3.32. The number of phenols is 1. The van der Waals surface area contributed by atoms with Gasteiger partial charge in [-0.2, -0.15) is 0 Å². The number of rotatable bonds is 4. The van der Waals surface area contributed by atoms with Crippen LogP contribution in [-0.2, 0) is 9.63 Å². The second-order valence-corrected chi connectivity index (χ2v) is 5.57. The molecule has 1 atom stereocenters. The number of hydrogen-bond acceptors (Lipinski definition) is 5. The molecule has 124 valence electrons. The molecular weight excluding hydrogens is 308 g/mol. The van der Waals surface area contributed by atoms with Crippen molar-refractivity contribution in [2.45, 2.75) is 19.4 Å². The Morgan fingerprint density at radius 2 is 2.04 bits per heavy atom. The fourth-order valence-electron chi connectivity index (χ4n) is 2.44. The van der Waals surface area contributed by atoms with E-state index in [4.69, 9.17) is 9.57 Å². The van der Waals surface area contributed by atoms with E-state index in [-0.39, 0.29) is 11.7 Å². The van der Waals surface area contributed by atoms with Gasteiger partial charge in [0.15, 0.2) is 0 Å². The molecule has 1 heterocycles. The topological polar surface area (TPSA) is 80.2 Å². The van der Waals surface area contributed by atoms with E-state index >= 15 is 0 Å². The molecule has 0 fully saturated rings. The van der Waals surface area contributed by atoms with E-state index in [1.54, 1.807) is 25.3 Å². The molecule has 0 aromatic heterocycles. The van der Waals surface area contributed by atoms with Gasteiger partial charge >= 0.3 is 0 Å². The molecule has 6 heteroatoms. The zero-order chi connectivity index (χ0) is 17.1. The van der Waals surface area contributed by atoms with E-state index in [1.807, 2.05) is 31.2 Å². The smallest absolute Gasteiger partial charge is 0.268 e. The third-order valence-corrected chi connectivity index (χ3v) is 3.79. The van der Waals surface area contributed by atoms with Gasteiger partial charge in [-0.25, -0.2) is 0 Å². The number of amides is 1. The van der Waals surface area contributed by atoms with Crippen LogP contribution in [0.1, 0.15) is 17.5 Å². The number of nitrogens with one attached hydrogen (secondary N) is 1. The van der Waals surface area contributed by atoms with E-state index in [2.05, 4.69) is 10.5 Å². The highest BCUT2D eigenvalue weighted by Gasteiger charge is 2.29. The van der Waals surface area contributed by atoms with Crippen LogP contribution in [0, 0.1) is 6.92 Å². The van der Waals surface area contributed by atoms with Gasteiger partial charge in [0.1, 0.15) is 11.5 Å². The maximum Gasteiger partial charge on any atom is 0.268 e. The summed E-state index contributed by atoms with van der Waals surface area (Å²) >= 11 is 0. The monoisotopic (exact) mass is 326 g/mol. The fraction of sp³-hybridized carbons (Fsp3) is 0.222. The lowest BCUT2D eigenvalue weighted by molar-refractivity contribution is -0.125. The molecule has 1 amide bonds. The number of hydrogen-bond donors (Lipinski definition) is 2. The molecule has 6 nitrogen and oxygen atoms in total. The molecule has 2 aromatic carbocycles. The molecule has 0 bridgehead atoms. The van der Waals surface area contributed by atoms with Gasteiger partial charge in [-0.05, 0) is 54.4 Å². The molecule has 2 aromatic rings. The first kappa shape index (κ1) is 15.9. The Bertz CT molecular complexity index is 784. The average Bonchev–Trinajstić information content (AvgIpc) is 3.08. The molecule has 0 saturated carbocycles. The van der Waals surface area contributed by atoms with E-state index < -0.39 is 6.10 Å². The molecule has 1 aliphatic rings. The Kier molecular flexibility index (Phi) is 4.37. The number of nitrogens with zero attached hydrogens (tertiary/aromatic N) is 1. The van der Waals surface area contributed by atoms with Gasteiger partial charge in [0.25, 0.3) is 5.91 Å². The van der Waals surface area contributed by atoms with Gasteiger partial charge in [0, 0.05) is 6.42 Å². The highest BCUT2D eigenvalue weighted by Crippen LogP contribution is 2.25. The lowest BCUT2D eigenvalue weighted by atomic mass is 10.0. The maximum absolute atomic E-state index is 12.3. The maximum atomic E-state index is 12.3. The van der Waals surface area contributed by atoms with Gasteiger partial charge in [0.2, 0.25) is 6.10 Å². The second-order valence-electron chi connectivity index (χ2n) is 5.57. The summed E-state index contributed by atoms with van der Waals surface area (Å²) in [6.07, 6.45) is -0.355. The van der Waals surface area contributed by atoms with Crippen molar-refractivity contribution in [2.75, 3.05) is 12.4 Å². The summed E-state index contributed by atoms with van der Waals surface area (Å²) in [5, 5.41) is 16.5. The Hall–Kier alpha value is -3.02. The van der Waals surface area contributed by atoms with Crippen LogP contribution in [0.15, 0.2) is 47.6 Å². The van der Waals surface area contributed by atoms with Crippen LogP contribution in [-0.4, -0.2) is 29.9 Å². The molecule has 3 rings (SSSR count). The Labute approximate surface area is 139 Å². The first-order chi connectivity index (χ1) is 11.6. The number of phenolic OH excluding ortho intramolecular Hbond substituents is 1. The molecule has 1 aliphatic heterocycles. The number of aromatic hydroxyl groups is 1. The normalized spacial score (nSPS) is 16.2. The summed E-state index contributed by atoms with van der Waals surface area (Å²) in [4.78, 5) is 17.6. The van der Waals surface area contributed by atoms with Crippen LogP contribution in [0.25, 0.3) is 0 Å². The van der Waals surface area contributed by atoms with E-state index in [0.29, 0.717) is 17.8 Å². The summed E-state index contributed by atoms with van der Waals surface area (Å²) in [6.45, 7) is 1.88. The fourth-order valence-corrected chi connectivity index (χ4v) is 2.44. The molecule has 0 saturated heterocycles.